The lowest BCUT2D eigenvalue weighted by Gasteiger charge is -2.26. The Morgan fingerprint density at radius 3 is 1.54 bits per heavy atom. The van der Waals surface area contributed by atoms with Crippen molar-refractivity contribution in [2.45, 2.75) is 69.0 Å². The number of aliphatic hydroxyl groups is 2. The molecule has 3 aromatic rings. The molecular formula is C32H38O9. The maximum Gasteiger partial charge on any atom is 0.187 e. The first-order valence-corrected chi connectivity index (χ1v) is 13.9. The van der Waals surface area contributed by atoms with Gasteiger partial charge in [0.25, 0.3) is 0 Å². The highest BCUT2D eigenvalue weighted by molar-refractivity contribution is 5.15. The zero-order chi connectivity index (χ0) is 28.4. The molecule has 0 radical (unpaired) electrons. The number of aliphatic hydroxyl groups excluding tert-OH is 2. The van der Waals surface area contributed by atoms with E-state index in [-0.39, 0.29) is 19.8 Å². The summed E-state index contributed by atoms with van der Waals surface area (Å²) in [6, 6.07) is 29.4. The van der Waals surface area contributed by atoms with E-state index in [0.717, 1.165) is 16.7 Å². The summed E-state index contributed by atoms with van der Waals surface area (Å²) in [5.74, 6) is 0. The van der Waals surface area contributed by atoms with E-state index in [1.807, 2.05) is 91.0 Å². The lowest BCUT2D eigenvalue weighted by atomic mass is 10.1. The van der Waals surface area contributed by atoms with Crippen molar-refractivity contribution in [2.24, 2.45) is 0 Å². The van der Waals surface area contributed by atoms with Gasteiger partial charge in [0, 0.05) is 7.11 Å². The van der Waals surface area contributed by atoms with Crippen molar-refractivity contribution >= 4 is 0 Å². The highest BCUT2D eigenvalue weighted by Crippen LogP contribution is 2.31. The third kappa shape index (κ3) is 7.78. The molecule has 2 N–H and O–H groups in total. The van der Waals surface area contributed by atoms with Crippen LogP contribution in [-0.2, 0) is 53.0 Å². The molecule has 0 aromatic heterocycles. The Balaban J connectivity index is 1.27. The van der Waals surface area contributed by atoms with Crippen molar-refractivity contribution in [3.8, 4) is 0 Å². The Hall–Kier alpha value is -2.70. The van der Waals surface area contributed by atoms with Gasteiger partial charge in [-0.15, -0.1) is 0 Å². The van der Waals surface area contributed by atoms with Crippen molar-refractivity contribution in [1.29, 1.82) is 0 Å². The van der Waals surface area contributed by atoms with Crippen molar-refractivity contribution in [2.75, 3.05) is 20.3 Å². The lowest BCUT2D eigenvalue weighted by molar-refractivity contribution is -0.211. The summed E-state index contributed by atoms with van der Waals surface area (Å²) in [5, 5.41) is 20.5. The molecule has 9 heteroatoms. The molecule has 0 bridgehead atoms. The quantitative estimate of drug-likeness (QED) is 0.304. The second-order valence-electron chi connectivity index (χ2n) is 10.1. The molecule has 0 amide bonds. The molecule has 2 heterocycles. The van der Waals surface area contributed by atoms with Gasteiger partial charge in [0.1, 0.15) is 36.6 Å². The SMILES string of the molecule is CO[C@H]1O[C@H](CO[C@H]2O[C@H](CO)[C@@H](O)[C@@H]2OCc2ccccc2)[C@@H](OCc2ccccc2)[C@@H]1OCc1ccccc1. The maximum absolute atomic E-state index is 10.8. The summed E-state index contributed by atoms with van der Waals surface area (Å²) in [4.78, 5) is 0. The van der Waals surface area contributed by atoms with Crippen molar-refractivity contribution in [1.82, 2.24) is 0 Å². The van der Waals surface area contributed by atoms with E-state index >= 15 is 0 Å². The van der Waals surface area contributed by atoms with Crippen LogP contribution in [0.25, 0.3) is 0 Å². The second-order valence-corrected chi connectivity index (χ2v) is 10.1. The number of rotatable bonds is 14. The van der Waals surface area contributed by atoms with Gasteiger partial charge < -0.3 is 43.4 Å². The summed E-state index contributed by atoms with van der Waals surface area (Å²) < 4.78 is 42.5. The standard InChI is InChI=1S/C32H38O9/c1-35-31-30(38-20-24-15-9-4-10-16-24)28(36-18-22-11-5-2-6-12-22)26(41-31)21-39-32-29(27(34)25(17-33)40-32)37-19-23-13-7-3-8-14-23/h2-16,25-34H,17-21H2,1H3/t25-,26-,27-,28-,29+,30+,31+,32+/m1/s1. The second kappa shape index (κ2) is 15.0. The Bertz CT molecular complexity index is 1150. The zero-order valence-corrected chi connectivity index (χ0v) is 23.1. The molecule has 2 aliphatic heterocycles. The fourth-order valence-electron chi connectivity index (χ4n) is 5.05. The third-order valence-corrected chi connectivity index (χ3v) is 7.25. The van der Waals surface area contributed by atoms with Gasteiger partial charge in [0.05, 0.1) is 33.0 Å². The molecule has 3 aromatic carbocycles. The minimum atomic E-state index is -1.06. The lowest BCUT2D eigenvalue weighted by Crippen LogP contribution is -2.41. The summed E-state index contributed by atoms with van der Waals surface area (Å²) in [5.41, 5.74) is 2.98. The minimum Gasteiger partial charge on any atom is -0.394 e. The summed E-state index contributed by atoms with van der Waals surface area (Å²) in [6.07, 6.45) is -5.90. The van der Waals surface area contributed by atoms with E-state index in [4.69, 9.17) is 33.2 Å². The molecule has 2 fully saturated rings. The summed E-state index contributed by atoms with van der Waals surface area (Å²) in [6.45, 7) is 0.662. The fraction of sp³-hybridized carbons (Fsp3) is 0.438. The number of ether oxygens (including phenoxy) is 7. The van der Waals surface area contributed by atoms with Crippen LogP contribution in [0.2, 0.25) is 0 Å². The Kier molecular flexibility index (Phi) is 10.9. The molecule has 5 rings (SSSR count). The van der Waals surface area contributed by atoms with E-state index < -0.39 is 49.2 Å². The third-order valence-electron chi connectivity index (χ3n) is 7.25. The zero-order valence-electron chi connectivity index (χ0n) is 23.1. The molecule has 41 heavy (non-hydrogen) atoms. The van der Waals surface area contributed by atoms with E-state index in [1.54, 1.807) is 7.11 Å². The maximum atomic E-state index is 10.8. The van der Waals surface area contributed by atoms with E-state index in [9.17, 15) is 10.2 Å². The molecule has 0 unspecified atom stereocenters. The van der Waals surface area contributed by atoms with Gasteiger partial charge in [-0.05, 0) is 16.7 Å². The predicted octanol–water partition coefficient (Wildman–Crippen LogP) is 3.21. The molecular weight excluding hydrogens is 528 g/mol. The first-order valence-electron chi connectivity index (χ1n) is 13.9. The van der Waals surface area contributed by atoms with Gasteiger partial charge >= 0.3 is 0 Å². The van der Waals surface area contributed by atoms with Crippen LogP contribution in [0.15, 0.2) is 91.0 Å². The van der Waals surface area contributed by atoms with Gasteiger partial charge in [-0.25, -0.2) is 0 Å². The Labute approximate surface area is 240 Å². The van der Waals surface area contributed by atoms with Crippen molar-refractivity contribution < 1.29 is 43.4 Å². The van der Waals surface area contributed by atoms with Gasteiger partial charge in [-0.3, -0.25) is 0 Å². The summed E-state index contributed by atoms with van der Waals surface area (Å²) >= 11 is 0. The van der Waals surface area contributed by atoms with Crippen LogP contribution < -0.4 is 0 Å². The molecule has 0 spiro atoms. The number of hydrogen-bond donors (Lipinski definition) is 2. The average Bonchev–Trinajstić information content (AvgIpc) is 3.53. The normalized spacial score (nSPS) is 29.6. The van der Waals surface area contributed by atoms with E-state index in [1.165, 1.54) is 0 Å². The predicted molar refractivity (Wildman–Crippen MR) is 148 cm³/mol. The van der Waals surface area contributed by atoms with Crippen LogP contribution >= 0.6 is 0 Å². The monoisotopic (exact) mass is 566 g/mol. The number of benzene rings is 3. The van der Waals surface area contributed by atoms with Crippen LogP contribution in [0.1, 0.15) is 16.7 Å². The van der Waals surface area contributed by atoms with Crippen LogP contribution in [0.4, 0.5) is 0 Å². The largest absolute Gasteiger partial charge is 0.394 e. The van der Waals surface area contributed by atoms with Crippen molar-refractivity contribution in [3.05, 3.63) is 108 Å². The van der Waals surface area contributed by atoms with Gasteiger partial charge in [-0.2, -0.15) is 0 Å². The molecule has 2 saturated heterocycles. The number of methoxy groups -OCH3 is 1. The fourth-order valence-corrected chi connectivity index (χ4v) is 5.05. The smallest absolute Gasteiger partial charge is 0.187 e. The van der Waals surface area contributed by atoms with Crippen LogP contribution in [0, 0.1) is 0 Å². The van der Waals surface area contributed by atoms with Crippen LogP contribution in [0.3, 0.4) is 0 Å². The Morgan fingerprint density at radius 2 is 1.05 bits per heavy atom. The molecule has 0 saturated carbocycles. The minimum absolute atomic E-state index is 0.0608. The van der Waals surface area contributed by atoms with Crippen molar-refractivity contribution in [3.63, 3.8) is 0 Å². The van der Waals surface area contributed by atoms with E-state index in [2.05, 4.69) is 0 Å². The first-order chi connectivity index (χ1) is 20.2. The van der Waals surface area contributed by atoms with Crippen LogP contribution in [0.5, 0.6) is 0 Å². The molecule has 8 atom stereocenters. The molecule has 0 aliphatic carbocycles. The number of hydrogen-bond acceptors (Lipinski definition) is 9. The first kappa shape index (κ1) is 29.8. The topological polar surface area (TPSA) is 105 Å². The highest BCUT2D eigenvalue weighted by Gasteiger charge is 2.49. The Morgan fingerprint density at radius 1 is 0.585 bits per heavy atom. The van der Waals surface area contributed by atoms with Gasteiger partial charge in [-0.1, -0.05) is 91.0 Å². The molecule has 9 nitrogen and oxygen atoms in total. The average molecular weight is 567 g/mol. The van der Waals surface area contributed by atoms with Crippen LogP contribution in [-0.4, -0.2) is 79.7 Å². The highest BCUT2D eigenvalue weighted by atomic mass is 16.7. The summed E-state index contributed by atoms with van der Waals surface area (Å²) in [7, 11) is 1.57. The van der Waals surface area contributed by atoms with E-state index in [0.29, 0.717) is 13.2 Å². The van der Waals surface area contributed by atoms with Gasteiger partial charge in [0.15, 0.2) is 12.6 Å². The van der Waals surface area contributed by atoms with Gasteiger partial charge in [0.2, 0.25) is 0 Å². The molecule has 2 aliphatic rings. The molecule has 220 valence electrons.